The Morgan fingerprint density at radius 2 is 2.05 bits per heavy atom. The summed E-state index contributed by atoms with van der Waals surface area (Å²) in [7, 11) is 0. The van der Waals surface area contributed by atoms with E-state index in [2.05, 4.69) is 5.32 Å². The van der Waals surface area contributed by atoms with Gasteiger partial charge >= 0.3 is 0 Å². The SMILES string of the molecule is NC(CC(=O)NCCSCCCO)c1ccccc1. The monoisotopic (exact) mass is 282 g/mol. The molecule has 0 radical (unpaired) electrons. The van der Waals surface area contributed by atoms with Crippen LogP contribution in [0.25, 0.3) is 0 Å². The lowest BCUT2D eigenvalue weighted by molar-refractivity contribution is -0.121. The Kier molecular flexibility index (Phi) is 8.29. The maximum atomic E-state index is 11.7. The highest BCUT2D eigenvalue weighted by Gasteiger charge is 2.10. The average molecular weight is 282 g/mol. The fourth-order valence-corrected chi connectivity index (χ4v) is 2.41. The van der Waals surface area contributed by atoms with Gasteiger partial charge in [0.2, 0.25) is 5.91 Å². The van der Waals surface area contributed by atoms with E-state index >= 15 is 0 Å². The molecule has 5 heteroatoms. The Morgan fingerprint density at radius 1 is 1.32 bits per heavy atom. The van der Waals surface area contributed by atoms with Gasteiger partial charge in [-0.05, 0) is 17.7 Å². The third-order valence-electron chi connectivity index (χ3n) is 2.65. The molecule has 0 fully saturated rings. The Morgan fingerprint density at radius 3 is 2.74 bits per heavy atom. The van der Waals surface area contributed by atoms with Crippen LogP contribution in [0.15, 0.2) is 30.3 Å². The van der Waals surface area contributed by atoms with E-state index < -0.39 is 0 Å². The summed E-state index contributed by atoms with van der Waals surface area (Å²) in [6.45, 7) is 0.877. The number of carbonyl (C=O) groups is 1. The highest BCUT2D eigenvalue weighted by molar-refractivity contribution is 7.99. The molecule has 0 bridgehead atoms. The molecule has 106 valence electrons. The molecule has 4 nitrogen and oxygen atoms in total. The molecule has 1 aromatic carbocycles. The van der Waals surface area contributed by atoms with Gasteiger partial charge in [-0.2, -0.15) is 11.8 Å². The maximum absolute atomic E-state index is 11.7. The molecule has 0 aliphatic heterocycles. The molecular formula is C14H22N2O2S. The number of hydrogen-bond donors (Lipinski definition) is 3. The van der Waals surface area contributed by atoms with Gasteiger partial charge in [-0.25, -0.2) is 0 Å². The lowest BCUT2D eigenvalue weighted by atomic mass is 10.0. The van der Waals surface area contributed by atoms with Gasteiger partial charge in [-0.15, -0.1) is 0 Å². The molecular weight excluding hydrogens is 260 g/mol. The predicted octanol–water partition coefficient (Wildman–Crippen LogP) is 1.31. The molecule has 1 atom stereocenters. The molecule has 0 heterocycles. The second-order valence-corrected chi connectivity index (χ2v) is 5.49. The van der Waals surface area contributed by atoms with E-state index in [-0.39, 0.29) is 18.6 Å². The van der Waals surface area contributed by atoms with Crippen LogP contribution < -0.4 is 11.1 Å². The molecule has 4 N–H and O–H groups in total. The quantitative estimate of drug-likeness (QED) is 0.597. The van der Waals surface area contributed by atoms with Crippen molar-refractivity contribution >= 4 is 17.7 Å². The number of rotatable bonds is 9. The van der Waals surface area contributed by atoms with E-state index in [1.54, 1.807) is 11.8 Å². The van der Waals surface area contributed by atoms with Crippen LogP contribution in [0.3, 0.4) is 0 Å². The normalized spacial score (nSPS) is 12.1. The first kappa shape index (κ1) is 16.0. The number of benzene rings is 1. The summed E-state index contributed by atoms with van der Waals surface area (Å²) in [4.78, 5) is 11.7. The van der Waals surface area contributed by atoms with Crippen molar-refractivity contribution in [1.82, 2.24) is 5.32 Å². The first-order valence-corrected chi connectivity index (χ1v) is 7.65. The number of carbonyl (C=O) groups excluding carboxylic acids is 1. The van der Waals surface area contributed by atoms with Crippen molar-refractivity contribution in [3.05, 3.63) is 35.9 Å². The Bertz CT molecular complexity index is 360. The molecule has 1 amide bonds. The predicted molar refractivity (Wildman–Crippen MR) is 80.0 cm³/mol. The molecule has 0 aliphatic rings. The first-order chi connectivity index (χ1) is 9.24. The minimum absolute atomic E-state index is 0.0147. The molecule has 1 rings (SSSR count). The molecule has 19 heavy (non-hydrogen) atoms. The fourth-order valence-electron chi connectivity index (χ4n) is 1.62. The van der Waals surface area contributed by atoms with Crippen molar-refractivity contribution in [2.75, 3.05) is 24.7 Å². The molecule has 0 spiro atoms. The van der Waals surface area contributed by atoms with Crippen LogP contribution in [0.5, 0.6) is 0 Å². The van der Waals surface area contributed by atoms with E-state index in [1.807, 2.05) is 30.3 Å². The summed E-state index contributed by atoms with van der Waals surface area (Å²) in [6, 6.07) is 9.39. The van der Waals surface area contributed by atoms with Gasteiger partial charge in [0.05, 0.1) is 0 Å². The van der Waals surface area contributed by atoms with E-state index in [1.165, 1.54) is 0 Å². The number of aliphatic hydroxyl groups is 1. The van der Waals surface area contributed by atoms with E-state index in [4.69, 9.17) is 10.8 Å². The largest absolute Gasteiger partial charge is 0.396 e. The standard InChI is InChI=1S/C14H22N2O2S/c15-13(12-5-2-1-3-6-12)11-14(18)16-7-10-19-9-4-8-17/h1-3,5-6,13,17H,4,7-11,15H2,(H,16,18). The minimum Gasteiger partial charge on any atom is -0.396 e. The second-order valence-electron chi connectivity index (χ2n) is 4.26. The summed E-state index contributed by atoms with van der Waals surface area (Å²) < 4.78 is 0. The van der Waals surface area contributed by atoms with Gasteiger partial charge in [0, 0.05) is 31.4 Å². The zero-order valence-corrected chi connectivity index (χ0v) is 11.9. The highest BCUT2D eigenvalue weighted by atomic mass is 32.2. The number of amides is 1. The maximum Gasteiger partial charge on any atom is 0.221 e. The molecule has 0 saturated carbocycles. The topological polar surface area (TPSA) is 75.4 Å². The van der Waals surface area contributed by atoms with Crippen LogP contribution in [0.1, 0.15) is 24.4 Å². The van der Waals surface area contributed by atoms with Crippen LogP contribution >= 0.6 is 11.8 Å². The highest BCUT2D eigenvalue weighted by Crippen LogP contribution is 2.12. The molecule has 0 saturated heterocycles. The van der Waals surface area contributed by atoms with Gasteiger partial charge < -0.3 is 16.2 Å². The van der Waals surface area contributed by atoms with Crippen molar-refractivity contribution in [2.24, 2.45) is 5.73 Å². The van der Waals surface area contributed by atoms with Crippen molar-refractivity contribution in [1.29, 1.82) is 0 Å². The van der Waals surface area contributed by atoms with E-state index in [0.717, 1.165) is 23.5 Å². The van der Waals surface area contributed by atoms with Crippen molar-refractivity contribution in [3.63, 3.8) is 0 Å². The molecule has 1 unspecified atom stereocenters. The summed E-state index contributed by atoms with van der Waals surface area (Å²) >= 11 is 1.73. The number of hydrogen-bond acceptors (Lipinski definition) is 4. The lowest BCUT2D eigenvalue weighted by Gasteiger charge is -2.12. The number of thioether (sulfide) groups is 1. The fraction of sp³-hybridized carbons (Fsp3) is 0.500. The zero-order chi connectivity index (χ0) is 13.9. The molecule has 0 aliphatic carbocycles. The van der Waals surface area contributed by atoms with Crippen LogP contribution in [-0.2, 0) is 4.79 Å². The van der Waals surface area contributed by atoms with Crippen LogP contribution in [0.2, 0.25) is 0 Å². The van der Waals surface area contributed by atoms with Crippen molar-refractivity contribution < 1.29 is 9.90 Å². The van der Waals surface area contributed by atoms with Gasteiger partial charge in [-0.1, -0.05) is 30.3 Å². The third kappa shape index (κ3) is 7.20. The Balaban J connectivity index is 2.14. The smallest absolute Gasteiger partial charge is 0.221 e. The summed E-state index contributed by atoms with van der Waals surface area (Å²) in [5.74, 6) is 1.78. The number of aliphatic hydroxyl groups excluding tert-OH is 1. The first-order valence-electron chi connectivity index (χ1n) is 6.50. The molecule has 1 aromatic rings. The van der Waals surface area contributed by atoms with Crippen LogP contribution in [0, 0.1) is 0 Å². The van der Waals surface area contributed by atoms with Crippen molar-refractivity contribution in [3.8, 4) is 0 Å². The van der Waals surface area contributed by atoms with E-state index in [9.17, 15) is 4.79 Å². The van der Waals surface area contributed by atoms with Gasteiger partial charge in [0.25, 0.3) is 0 Å². The number of nitrogens with two attached hydrogens (primary N) is 1. The van der Waals surface area contributed by atoms with Gasteiger partial charge in [0.15, 0.2) is 0 Å². The van der Waals surface area contributed by atoms with Gasteiger partial charge in [-0.3, -0.25) is 4.79 Å². The molecule has 0 aromatic heterocycles. The summed E-state index contributed by atoms with van der Waals surface area (Å²) in [6.07, 6.45) is 1.11. The zero-order valence-electron chi connectivity index (χ0n) is 11.0. The Labute approximate surface area is 118 Å². The van der Waals surface area contributed by atoms with Gasteiger partial charge in [0.1, 0.15) is 0 Å². The van der Waals surface area contributed by atoms with E-state index in [0.29, 0.717) is 13.0 Å². The third-order valence-corrected chi connectivity index (χ3v) is 3.72. The lowest BCUT2D eigenvalue weighted by Crippen LogP contribution is -2.29. The number of nitrogens with one attached hydrogen (secondary N) is 1. The second kappa shape index (κ2) is 9.83. The summed E-state index contributed by atoms with van der Waals surface area (Å²) in [5.41, 5.74) is 6.95. The van der Waals surface area contributed by atoms with Crippen LogP contribution in [-0.4, -0.2) is 35.7 Å². The van der Waals surface area contributed by atoms with Crippen molar-refractivity contribution in [2.45, 2.75) is 18.9 Å². The summed E-state index contributed by atoms with van der Waals surface area (Å²) in [5, 5.41) is 11.5. The minimum atomic E-state index is -0.247. The van der Waals surface area contributed by atoms with Crippen LogP contribution in [0.4, 0.5) is 0 Å². The average Bonchev–Trinajstić information content (AvgIpc) is 2.43. The Hall–Kier alpha value is -1.04.